The molecule has 30 heavy (non-hydrogen) atoms. The van der Waals surface area contributed by atoms with E-state index in [1.165, 1.54) is 25.7 Å². The Morgan fingerprint density at radius 2 is 1.93 bits per heavy atom. The quantitative estimate of drug-likeness (QED) is 0.811. The first kappa shape index (κ1) is 19.7. The minimum atomic E-state index is -1.02. The van der Waals surface area contributed by atoms with Gasteiger partial charge in [-0.15, -0.1) is 10.2 Å². The fourth-order valence-electron chi connectivity index (χ4n) is 6.15. The first-order valence-electron chi connectivity index (χ1n) is 11.4. The van der Waals surface area contributed by atoms with E-state index < -0.39 is 17.5 Å². The third-order valence-corrected chi connectivity index (χ3v) is 7.93. The molecule has 1 N–H and O–H groups in total. The van der Waals surface area contributed by atoms with Gasteiger partial charge in [0.1, 0.15) is 17.1 Å². The number of fused-ring (bicyclic) bond motifs is 1. The molecule has 160 valence electrons. The van der Waals surface area contributed by atoms with Crippen molar-refractivity contribution in [2.75, 3.05) is 7.11 Å². The van der Waals surface area contributed by atoms with Crippen molar-refractivity contribution >= 4 is 5.97 Å². The number of aliphatic carboxylic acids is 1. The summed E-state index contributed by atoms with van der Waals surface area (Å²) in [4.78, 5) is 12.7. The minimum absolute atomic E-state index is 0.135. The van der Waals surface area contributed by atoms with Crippen molar-refractivity contribution in [3.63, 3.8) is 0 Å². The van der Waals surface area contributed by atoms with E-state index in [2.05, 4.69) is 9.67 Å². The van der Waals surface area contributed by atoms with Gasteiger partial charge in [0.15, 0.2) is 0 Å². The lowest BCUT2D eigenvalue weighted by molar-refractivity contribution is -0.155. The first-order valence-corrected chi connectivity index (χ1v) is 11.4. The van der Waals surface area contributed by atoms with Gasteiger partial charge in [-0.3, -0.25) is 4.79 Å². The van der Waals surface area contributed by atoms with E-state index >= 15 is 0 Å². The normalized spacial score (nSPS) is 31.7. The summed E-state index contributed by atoms with van der Waals surface area (Å²) in [5, 5.41) is 19.7. The van der Waals surface area contributed by atoms with Gasteiger partial charge in [-0.05, 0) is 56.4 Å². The number of benzene rings is 1. The molecule has 1 unspecified atom stereocenters. The van der Waals surface area contributed by atoms with Crippen LogP contribution in [0.4, 0.5) is 0 Å². The Labute approximate surface area is 177 Å². The van der Waals surface area contributed by atoms with Gasteiger partial charge in [-0.25, -0.2) is 0 Å². The zero-order valence-electron chi connectivity index (χ0n) is 17.7. The molecular formula is C24H31N3O3. The molecule has 0 bridgehead atoms. The smallest absolute Gasteiger partial charge is 0.316 e. The molecule has 1 aromatic carbocycles. The van der Waals surface area contributed by atoms with Crippen molar-refractivity contribution in [1.82, 2.24) is 14.8 Å². The van der Waals surface area contributed by atoms with Crippen molar-refractivity contribution in [2.45, 2.75) is 81.3 Å². The second-order valence-electron chi connectivity index (χ2n) is 9.40. The summed E-state index contributed by atoms with van der Waals surface area (Å²) in [6, 6.07) is 9.66. The zero-order valence-corrected chi connectivity index (χ0v) is 17.7. The minimum Gasteiger partial charge on any atom is -0.481 e. The number of aryl methyl sites for hydroxylation is 1. The molecule has 2 aromatic rings. The van der Waals surface area contributed by atoms with E-state index in [-0.39, 0.29) is 5.41 Å². The van der Waals surface area contributed by atoms with Crippen LogP contribution in [0.15, 0.2) is 30.3 Å². The third-order valence-electron chi connectivity index (χ3n) is 7.93. The summed E-state index contributed by atoms with van der Waals surface area (Å²) in [5.41, 5.74) is -0.311. The fourth-order valence-corrected chi connectivity index (χ4v) is 6.15. The Balaban J connectivity index is 1.58. The molecule has 2 aliphatic carbocycles. The van der Waals surface area contributed by atoms with Crippen LogP contribution in [-0.4, -0.2) is 39.1 Å². The van der Waals surface area contributed by atoms with E-state index in [1.54, 1.807) is 7.11 Å². The van der Waals surface area contributed by atoms with Gasteiger partial charge < -0.3 is 14.4 Å². The van der Waals surface area contributed by atoms with Crippen molar-refractivity contribution < 1.29 is 14.6 Å². The Morgan fingerprint density at radius 1 is 1.13 bits per heavy atom. The lowest BCUT2D eigenvalue weighted by atomic mass is 9.57. The number of nitrogens with zero attached hydrogens (tertiary/aromatic N) is 3. The number of ether oxygens (including phenoxy) is 1. The van der Waals surface area contributed by atoms with Gasteiger partial charge in [0.25, 0.3) is 0 Å². The van der Waals surface area contributed by atoms with Crippen molar-refractivity contribution in [1.29, 1.82) is 0 Å². The predicted molar refractivity (Wildman–Crippen MR) is 112 cm³/mol. The average molecular weight is 410 g/mol. The summed E-state index contributed by atoms with van der Waals surface area (Å²) in [6.07, 6.45) is 8.59. The highest BCUT2D eigenvalue weighted by molar-refractivity contribution is 5.82. The molecule has 0 saturated heterocycles. The van der Waals surface area contributed by atoms with Crippen LogP contribution in [-0.2, 0) is 33.3 Å². The SMILES string of the molecule is CO[C@H]1CC(c2nnc3n2CCCCC3)(C2CC2)CC[C@]1(C(=O)O)c1ccccc1. The molecule has 1 aromatic heterocycles. The Hall–Kier alpha value is -2.21. The molecule has 0 radical (unpaired) electrons. The standard InChI is InChI=1S/C24H31N3O3/c1-30-19-16-23(17-11-12-17,21-26-25-20-10-6-3-7-15-27(20)21)13-14-24(19,22(28)29)18-8-4-2-5-9-18/h2,4-5,8-9,17,19H,3,6-7,10-16H2,1H3,(H,28,29)/t19-,23?,24-/m0/s1. The van der Waals surface area contributed by atoms with Crippen LogP contribution in [0, 0.1) is 5.92 Å². The molecule has 0 spiro atoms. The molecule has 2 fully saturated rings. The van der Waals surface area contributed by atoms with Gasteiger partial charge in [0, 0.05) is 25.5 Å². The third kappa shape index (κ3) is 2.91. The number of hydrogen-bond acceptors (Lipinski definition) is 4. The number of aromatic nitrogens is 3. The largest absolute Gasteiger partial charge is 0.481 e. The van der Waals surface area contributed by atoms with Crippen LogP contribution >= 0.6 is 0 Å². The average Bonchev–Trinajstić information content (AvgIpc) is 3.59. The van der Waals surface area contributed by atoms with Crippen LogP contribution in [0.25, 0.3) is 0 Å². The van der Waals surface area contributed by atoms with Gasteiger partial charge >= 0.3 is 5.97 Å². The highest BCUT2D eigenvalue weighted by atomic mass is 16.5. The molecule has 3 atom stereocenters. The Morgan fingerprint density at radius 3 is 2.63 bits per heavy atom. The number of carboxylic acid groups (broad SMARTS) is 1. The number of rotatable bonds is 5. The van der Waals surface area contributed by atoms with E-state index in [0.717, 1.165) is 43.0 Å². The van der Waals surface area contributed by atoms with Gasteiger partial charge in [-0.1, -0.05) is 36.8 Å². The van der Waals surface area contributed by atoms with Crippen molar-refractivity contribution in [3.8, 4) is 0 Å². The molecular weight excluding hydrogens is 378 g/mol. The van der Waals surface area contributed by atoms with E-state index in [0.29, 0.717) is 18.8 Å². The van der Waals surface area contributed by atoms with E-state index in [4.69, 9.17) is 9.84 Å². The first-order chi connectivity index (χ1) is 14.6. The summed E-state index contributed by atoms with van der Waals surface area (Å²) in [6.45, 7) is 0.979. The molecule has 0 amide bonds. The van der Waals surface area contributed by atoms with Crippen LogP contribution in [0.3, 0.4) is 0 Å². The lowest BCUT2D eigenvalue weighted by Gasteiger charge is -2.49. The molecule has 2 heterocycles. The van der Waals surface area contributed by atoms with E-state index in [1.807, 2.05) is 30.3 Å². The maximum atomic E-state index is 12.7. The number of carbonyl (C=O) groups is 1. The van der Waals surface area contributed by atoms with Gasteiger partial charge in [0.2, 0.25) is 0 Å². The highest BCUT2D eigenvalue weighted by Gasteiger charge is 2.61. The Bertz CT molecular complexity index is 923. The lowest BCUT2D eigenvalue weighted by Crippen LogP contribution is -2.56. The second-order valence-corrected chi connectivity index (χ2v) is 9.40. The molecule has 5 rings (SSSR count). The Kier molecular flexibility index (Phi) is 4.92. The summed E-state index contributed by atoms with van der Waals surface area (Å²) in [7, 11) is 1.67. The predicted octanol–water partition coefficient (Wildman–Crippen LogP) is 3.87. The van der Waals surface area contributed by atoms with E-state index in [9.17, 15) is 9.90 Å². The fraction of sp³-hybridized carbons (Fsp3) is 0.625. The number of hydrogen-bond donors (Lipinski definition) is 1. The van der Waals surface area contributed by atoms with Crippen LogP contribution in [0.1, 0.15) is 68.6 Å². The van der Waals surface area contributed by atoms with Crippen LogP contribution in [0.2, 0.25) is 0 Å². The van der Waals surface area contributed by atoms with Crippen LogP contribution in [0.5, 0.6) is 0 Å². The topological polar surface area (TPSA) is 77.2 Å². The molecule has 6 nitrogen and oxygen atoms in total. The number of carboxylic acids is 1. The summed E-state index contributed by atoms with van der Waals surface area (Å²) < 4.78 is 8.35. The highest BCUT2D eigenvalue weighted by Crippen LogP contribution is 2.58. The summed E-state index contributed by atoms with van der Waals surface area (Å²) >= 11 is 0. The van der Waals surface area contributed by atoms with Crippen LogP contribution < -0.4 is 0 Å². The molecule has 6 heteroatoms. The second kappa shape index (κ2) is 7.49. The monoisotopic (exact) mass is 409 g/mol. The summed E-state index contributed by atoms with van der Waals surface area (Å²) in [5.74, 6) is 1.96. The van der Waals surface area contributed by atoms with Gasteiger partial charge in [-0.2, -0.15) is 0 Å². The zero-order chi connectivity index (χ0) is 20.8. The molecule has 1 aliphatic heterocycles. The number of methoxy groups -OCH3 is 1. The van der Waals surface area contributed by atoms with Crippen molar-refractivity contribution in [2.24, 2.45) is 5.92 Å². The maximum absolute atomic E-state index is 12.7. The van der Waals surface area contributed by atoms with Gasteiger partial charge in [0.05, 0.1) is 6.10 Å². The molecule has 3 aliphatic rings. The maximum Gasteiger partial charge on any atom is 0.316 e. The van der Waals surface area contributed by atoms with Crippen molar-refractivity contribution in [3.05, 3.63) is 47.5 Å². The molecule has 2 saturated carbocycles.